The standard InChI is InChI=1S/C19H29NO/c1-3-19(4-2)10-12-20(13-11-19)18-7-5-6-15-8-9-16(21)14-17(15)18/h8-9,14,18,21H,3-7,10-13H2,1-2H3. The highest BCUT2D eigenvalue weighted by Gasteiger charge is 2.35. The first-order valence-electron chi connectivity index (χ1n) is 8.73. The van der Waals surface area contributed by atoms with Gasteiger partial charge in [0.1, 0.15) is 5.75 Å². The van der Waals surface area contributed by atoms with E-state index in [0.29, 0.717) is 17.2 Å². The Morgan fingerprint density at radius 1 is 1.19 bits per heavy atom. The number of fused-ring (bicyclic) bond motifs is 1. The van der Waals surface area contributed by atoms with Crippen LogP contribution in [0.4, 0.5) is 0 Å². The molecule has 2 aliphatic rings. The Morgan fingerprint density at radius 2 is 1.90 bits per heavy atom. The van der Waals surface area contributed by atoms with Crippen LogP contribution in [0.15, 0.2) is 18.2 Å². The van der Waals surface area contributed by atoms with Crippen molar-refractivity contribution >= 4 is 0 Å². The van der Waals surface area contributed by atoms with E-state index in [-0.39, 0.29) is 0 Å². The minimum atomic E-state index is 0.425. The molecule has 1 N–H and O–H groups in total. The molecule has 2 heteroatoms. The minimum absolute atomic E-state index is 0.425. The van der Waals surface area contributed by atoms with Gasteiger partial charge >= 0.3 is 0 Å². The van der Waals surface area contributed by atoms with Crippen molar-refractivity contribution in [3.05, 3.63) is 29.3 Å². The first-order valence-corrected chi connectivity index (χ1v) is 8.73. The van der Waals surface area contributed by atoms with Gasteiger partial charge in [-0.05, 0) is 73.9 Å². The normalized spacial score (nSPS) is 25.5. The number of aromatic hydroxyl groups is 1. The van der Waals surface area contributed by atoms with Crippen LogP contribution in [-0.4, -0.2) is 23.1 Å². The number of hydrogen-bond acceptors (Lipinski definition) is 2. The van der Waals surface area contributed by atoms with Gasteiger partial charge in [0.25, 0.3) is 0 Å². The predicted molar refractivity (Wildman–Crippen MR) is 87.6 cm³/mol. The quantitative estimate of drug-likeness (QED) is 0.873. The average molecular weight is 287 g/mol. The summed E-state index contributed by atoms with van der Waals surface area (Å²) in [7, 11) is 0. The van der Waals surface area contributed by atoms with Gasteiger partial charge in [-0.25, -0.2) is 0 Å². The molecule has 116 valence electrons. The lowest BCUT2D eigenvalue weighted by molar-refractivity contribution is 0.0598. The maximum absolute atomic E-state index is 9.85. The van der Waals surface area contributed by atoms with E-state index < -0.39 is 0 Å². The van der Waals surface area contributed by atoms with E-state index in [0.717, 1.165) is 0 Å². The van der Waals surface area contributed by atoms with Crippen molar-refractivity contribution in [2.75, 3.05) is 13.1 Å². The number of likely N-dealkylation sites (tertiary alicyclic amines) is 1. The van der Waals surface area contributed by atoms with Crippen molar-refractivity contribution in [3.8, 4) is 5.75 Å². The molecule has 0 amide bonds. The molecule has 1 aromatic carbocycles. The highest BCUT2D eigenvalue weighted by molar-refractivity contribution is 5.38. The van der Waals surface area contributed by atoms with Crippen molar-refractivity contribution < 1.29 is 5.11 Å². The van der Waals surface area contributed by atoms with E-state index in [9.17, 15) is 5.11 Å². The lowest BCUT2D eigenvalue weighted by atomic mass is 9.73. The zero-order valence-corrected chi connectivity index (χ0v) is 13.6. The third-order valence-electron chi connectivity index (χ3n) is 6.21. The van der Waals surface area contributed by atoms with Crippen molar-refractivity contribution in [3.63, 3.8) is 0 Å². The molecule has 21 heavy (non-hydrogen) atoms. The summed E-state index contributed by atoms with van der Waals surface area (Å²) in [6.07, 6.45) is 9.02. The second-order valence-electron chi connectivity index (χ2n) is 7.03. The second-order valence-corrected chi connectivity index (χ2v) is 7.03. The Kier molecular flexibility index (Phi) is 4.26. The van der Waals surface area contributed by atoms with E-state index in [4.69, 9.17) is 0 Å². The van der Waals surface area contributed by atoms with Gasteiger partial charge in [0.2, 0.25) is 0 Å². The van der Waals surface area contributed by atoms with Crippen LogP contribution >= 0.6 is 0 Å². The summed E-state index contributed by atoms with van der Waals surface area (Å²) in [5.41, 5.74) is 3.43. The van der Waals surface area contributed by atoms with Crippen LogP contribution < -0.4 is 0 Å². The summed E-state index contributed by atoms with van der Waals surface area (Å²) in [6.45, 7) is 7.16. The Bertz CT molecular complexity index is 482. The number of phenols is 1. The molecule has 0 spiro atoms. The summed E-state index contributed by atoms with van der Waals surface area (Å²) < 4.78 is 0. The highest BCUT2D eigenvalue weighted by Crippen LogP contribution is 2.43. The molecule has 3 rings (SSSR count). The van der Waals surface area contributed by atoms with Crippen molar-refractivity contribution in [2.24, 2.45) is 5.41 Å². The van der Waals surface area contributed by atoms with Gasteiger partial charge in [0.15, 0.2) is 0 Å². The second kappa shape index (κ2) is 6.00. The summed E-state index contributed by atoms with van der Waals surface area (Å²) in [5, 5.41) is 9.85. The van der Waals surface area contributed by atoms with Crippen molar-refractivity contribution in [1.82, 2.24) is 4.90 Å². The number of rotatable bonds is 3. The van der Waals surface area contributed by atoms with Gasteiger partial charge in [-0.15, -0.1) is 0 Å². The molecule has 1 atom stereocenters. The van der Waals surface area contributed by atoms with E-state index in [2.05, 4.69) is 24.8 Å². The first-order chi connectivity index (χ1) is 10.2. The van der Waals surface area contributed by atoms with E-state index in [1.807, 2.05) is 12.1 Å². The maximum Gasteiger partial charge on any atom is 0.115 e. The third-order valence-corrected chi connectivity index (χ3v) is 6.21. The van der Waals surface area contributed by atoms with Crippen LogP contribution in [0, 0.1) is 5.41 Å². The van der Waals surface area contributed by atoms with E-state index >= 15 is 0 Å². The van der Waals surface area contributed by atoms with Crippen molar-refractivity contribution in [1.29, 1.82) is 0 Å². The zero-order valence-electron chi connectivity index (χ0n) is 13.6. The summed E-state index contributed by atoms with van der Waals surface area (Å²) in [5.74, 6) is 0.425. The van der Waals surface area contributed by atoms with E-state index in [1.54, 1.807) is 0 Å². The number of piperidine rings is 1. The molecule has 0 saturated carbocycles. The molecule has 1 aromatic rings. The fourth-order valence-corrected chi connectivity index (χ4v) is 4.41. The molecular weight excluding hydrogens is 258 g/mol. The molecule has 0 bridgehead atoms. The summed E-state index contributed by atoms with van der Waals surface area (Å²) in [4.78, 5) is 2.68. The van der Waals surface area contributed by atoms with Crippen LogP contribution in [0.25, 0.3) is 0 Å². The predicted octanol–water partition coefficient (Wildman–Crippen LogP) is 4.67. The molecule has 1 aliphatic carbocycles. The molecule has 1 aliphatic heterocycles. The van der Waals surface area contributed by atoms with Crippen LogP contribution in [0.3, 0.4) is 0 Å². The number of phenolic OH excluding ortho intramolecular Hbond substituents is 1. The van der Waals surface area contributed by atoms with Gasteiger partial charge in [-0.1, -0.05) is 32.8 Å². The van der Waals surface area contributed by atoms with Gasteiger partial charge in [0.05, 0.1) is 0 Å². The lowest BCUT2D eigenvalue weighted by Crippen LogP contribution is -2.42. The molecule has 1 fully saturated rings. The Hall–Kier alpha value is -1.02. The van der Waals surface area contributed by atoms with Crippen molar-refractivity contribution in [2.45, 2.75) is 64.8 Å². The summed E-state index contributed by atoms with van der Waals surface area (Å²) in [6, 6.07) is 6.52. The Morgan fingerprint density at radius 3 is 2.57 bits per heavy atom. The lowest BCUT2D eigenvalue weighted by Gasteiger charge is -2.45. The number of nitrogens with zero attached hydrogens (tertiary/aromatic N) is 1. The molecular formula is C19H29NO. The topological polar surface area (TPSA) is 23.5 Å². The first kappa shape index (κ1) is 14.9. The summed E-state index contributed by atoms with van der Waals surface area (Å²) >= 11 is 0. The SMILES string of the molecule is CCC1(CC)CCN(C2CCCc3ccc(O)cc32)CC1. The molecule has 1 heterocycles. The average Bonchev–Trinajstić information content (AvgIpc) is 2.54. The molecule has 0 radical (unpaired) electrons. The van der Waals surface area contributed by atoms with Gasteiger partial charge in [-0.2, -0.15) is 0 Å². The van der Waals surface area contributed by atoms with Gasteiger partial charge in [-0.3, -0.25) is 4.90 Å². The third kappa shape index (κ3) is 2.83. The smallest absolute Gasteiger partial charge is 0.115 e. The molecule has 2 nitrogen and oxygen atoms in total. The minimum Gasteiger partial charge on any atom is -0.508 e. The monoisotopic (exact) mass is 287 g/mol. The van der Waals surface area contributed by atoms with Crippen LogP contribution in [0.5, 0.6) is 5.75 Å². The van der Waals surface area contributed by atoms with E-state index in [1.165, 1.54) is 69.2 Å². The fourth-order valence-electron chi connectivity index (χ4n) is 4.41. The number of aryl methyl sites for hydroxylation is 1. The van der Waals surface area contributed by atoms with Crippen LogP contribution in [0.2, 0.25) is 0 Å². The van der Waals surface area contributed by atoms with Crippen LogP contribution in [-0.2, 0) is 6.42 Å². The fraction of sp³-hybridized carbons (Fsp3) is 0.684. The maximum atomic E-state index is 9.85. The van der Waals surface area contributed by atoms with Gasteiger partial charge < -0.3 is 5.11 Å². The number of hydrogen-bond donors (Lipinski definition) is 1. The molecule has 0 aromatic heterocycles. The number of benzene rings is 1. The van der Waals surface area contributed by atoms with Crippen LogP contribution in [0.1, 0.15) is 69.5 Å². The highest BCUT2D eigenvalue weighted by atomic mass is 16.3. The largest absolute Gasteiger partial charge is 0.508 e. The molecule has 1 unspecified atom stereocenters. The molecule has 1 saturated heterocycles. The Labute approximate surface area is 129 Å². The Balaban J connectivity index is 1.77. The van der Waals surface area contributed by atoms with Gasteiger partial charge in [0, 0.05) is 6.04 Å². The zero-order chi connectivity index (χ0) is 14.9.